The molecule has 0 aliphatic rings. The van der Waals surface area contributed by atoms with Gasteiger partial charge in [0.15, 0.2) is 5.43 Å². The van der Waals surface area contributed by atoms with E-state index in [1.165, 1.54) is 0 Å². The number of imidazole rings is 1. The lowest BCUT2D eigenvalue weighted by Crippen LogP contribution is -2.00. The highest BCUT2D eigenvalue weighted by Crippen LogP contribution is 2.37. The maximum absolute atomic E-state index is 12.2. The largest absolute Gasteiger partial charge is 0.359 e. The number of aromatic amines is 1. The van der Waals surface area contributed by atoms with Gasteiger partial charge in [-0.1, -0.05) is 60.7 Å². The van der Waals surface area contributed by atoms with Crippen LogP contribution in [0.15, 0.2) is 102 Å². The Hall–Kier alpha value is -4.18. The van der Waals surface area contributed by atoms with Crippen LogP contribution in [0, 0.1) is 0 Å². The Morgan fingerprint density at radius 3 is 2.23 bits per heavy atom. The fourth-order valence-electron chi connectivity index (χ4n) is 4.25. The smallest absolute Gasteiger partial charge is 0.179 e. The molecule has 4 heteroatoms. The van der Waals surface area contributed by atoms with Gasteiger partial charge in [0.05, 0.1) is 22.4 Å². The molecule has 3 aromatic heterocycles. The van der Waals surface area contributed by atoms with Crippen molar-refractivity contribution in [1.29, 1.82) is 0 Å². The van der Waals surface area contributed by atoms with Crippen molar-refractivity contribution in [1.82, 2.24) is 14.4 Å². The van der Waals surface area contributed by atoms with Crippen LogP contribution in [0.1, 0.15) is 0 Å². The summed E-state index contributed by atoms with van der Waals surface area (Å²) in [5.74, 6) is 0. The fraction of sp³-hybridized carbons (Fsp3) is 0. The zero-order chi connectivity index (χ0) is 20.1. The maximum atomic E-state index is 12.2. The van der Waals surface area contributed by atoms with Crippen LogP contribution in [0.3, 0.4) is 0 Å². The van der Waals surface area contributed by atoms with Crippen molar-refractivity contribution in [3.05, 3.63) is 107 Å². The molecule has 6 rings (SSSR count). The average Bonchev–Trinajstić information content (AvgIpc) is 3.21. The molecule has 1 N–H and O–H groups in total. The Balaban J connectivity index is 1.91. The number of aromatic nitrogens is 3. The minimum absolute atomic E-state index is 0.0230. The number of hydrogen-bond donors (Lipinski definition) is 1. The van der Waals surface area contributed by atoms with Crippen LogP contribution in [0.25, 0.3) is 50.0 Å². The van der Waals surface area contributed by atoms with E-state index in [0.717, 1.165) is 50.0 Å². The lowest BCUT2D eigenvalue weighted by molar-refractivity contribution is 1.25. The van der Waals surface area contributed by atoms with E-state index in [-0.39, 0.29) is 5.43 Å². The number of nitrogens with one attached hydrogen (secondary N) is 1. The van der Waals surface area contributed by atoms with Crippen molar-refractivity contribution in [2.75, 3.05) is 0 Å². The maximum Gasteiger partial charge on any atom is 0.179 e. The summed E-state index contributed by atoms with van der Waals surface area (Å²) in [6.45, 7) is 0. The summed E-state index contributed by atoms with van der Waals surface area (Å²) < 4.78 is 2.17. The molecule has 0 bridgehead atoms. The monoisotopic (exact) mass is 387 g/mol. The third-order valence-corrected chi connectivity index (χ3v) is 5.55. The standard InChI is InChI=1S/C26H17N3O/c30-19-13-14-20-21(16-19)26-28-23(17-8-3-1-4-9-17)25(18-10-5-2-6-11-18)29(26)22-12-7-15-27-24(20)22/h1-16,27H. The topological polar surface area (TPSA) is 50.2 Å². The Labute approximate surface area is 172 Å². The van der Waals surface area contributed by atoms with Crippen molar-refractivity contribution in [2.45, 2.75) is 0 Å². The zero-order valence-electron chi connectivity index (χ0n) is 16.0. The summed E-state index contributed by atoms with van der Waals surface area (Å²) in [7, 11) is 0. The van der Waals surface area contributed by atoms with Gasteiger partial charge < -0.3 is 4.98 Å². The van der Waals surface area contributed by atoms with Crippen molar-refractivity contribution in [3.8, 4) is 22.5 Å². The van der Waals surface area contributed by atoms with E-state index >= 15 is 0 Å². The van der Waals surface area contributed by atoms with Crippen LogP contribution < -0.4 is 5.43 Å². The van der Waals surface area contributed by atoms with E-state index < -0.39 is 0 Å². The van der Waals surface area contributed by atoms with Crippen LogP contribution in [0.5, 0.6) is 0 Å². The minimum Gasteiger partial charge on any atom is -0.359 e. The summed E-state index contributed by atoms with van der Waals surface area (Å²) in [6, 6.07) is 29.7. The Kier molecular flexibility index (Phi) is 3.59. The summed E-state index contributed by atoms with van der Waals surface area (Å²) in [4.78, 5) is 20.7. The molecule has 0 atom stereocenters. The van der Waals surface area contributed by atoms with Gasteiger partial charge in [-0.15, -0.1) is 0 Å². The van der Waals surface area contributed by atoms with Gasteiger partial charge in [-0.05, 0) is 30.3 Å². The summed E-state index contributed by atoms with van der Waals surface area (Å²) >= 11 is 0. The molecule has 0 fully saturated rings. The van der Waals surface area contributed by atoms with Gasteiger partial charge >= 0.3 is 0 Å². The molecule has 30 heavy (non-hydrogen) atoms. The number of H-pyrrole nitrogens is 1. The molecule has 0 aliphatic carbocycles. The number of pyridine rings is 2. The predicted octanol–water partition coefficient (Wildman–Crippen LogP) is 5.66. The molecule has 3 heterocycles. The number of nitrogens with zero attached hydrogens (tertiary/aromatic N) is 2. The molecule has 0 saturated heterocycles. The Morgan fingerprint density at radius 1 is 0.733 bits per heavy atom. The second kappa shape index (κ2) is 6.42. The van der Waals surface area contributed by atoms with Gasteiger partial charge in [0, 0.05) is 28.1 Å². The van der Waals surface area contributed by atoms with Crippen LogP contribution >= 0.6 is 0 Å². The normalized spacial score (nSPS) is 11.5. The molecular weight excluding hydrogens is 370 g/mol. The van der Waals surface area contributed by atoms with Crippen LogP contribution in [-0.2, 0) is 0 Å². The van der Waals surface area contributed by atoms with Crippen LogP contribution in [0.4, 0.5) is 0 Å². The van der Waals surface area contributed by atoms with E-state index in [0.29, 0.717) is 0 Å². The molecular formula is C26H17N3O. The van der Waals surface area contributed by atoms with Gasteiger partial charge in [-0.2, -0.15) is 0 Å². The molecule has 4 nitrogen and oxygen atoms in total. The SMILES string of the molecule is O=c1ccc2c(c1)c1nc(-c3ccccc3)c(-c3ccccc3)n1c1ccc[nH]c21. The van der Waals surface area contributed by atoms with E-state index in [4.69, 9.17) is 4.98 Å². The van der Waals surface area contributed by atoms with Gasteiger partial charge in [0.1, 0.15) is 5.65 Å². The highest BCUT2D eigenvalue weighted by atomic mass is 16.1. The number of rotatable bonds is 2. The molecule has 0 amide bonds. The highest BCUT2D eigenvalue weighted by Gasteiger charge is 2.20. The second-order valence-corrected chi connectivity index (χ2v) is 7.34. The van der Waals surface area contributed by atoms with E-state index in [9.17, 15) is 4.79 Å². The van der Waals surface area contributed by atoms with Crippen LogP contribution in [-0.4, -0.2) is 14.4 Å². The molecule has 6 aromatic rings. The van der Waals surface area contributed by atoms with Crippen molar-refractivity contribution < 1.29 is 0 Å². The average molecular weight is 387 g/mol. The van der Waals surface area contributed by atoms with Gasteiger partial charge in [-0.25, -0.2) is 4.98 Å². The molecule has 3 aromatic carbocycles. The van der Waals surface area contributed by atoms with Crippen LogP contribution in [0.2, 0.25) is 0 Å². The molecule has 0 radical (unpaired) electrons. The first-order chi connectivity index (χ1) is 14.8. The molecule has 0 aliphatic heterocycles. The Morgan fingerprint density at radius 2 is 1.47 bits per heavy atom. The van der Waals surface area contributed by atoms with Gasteiger partial charge in [-0.3, -0.25) is 9.20 Å². The van der Waals surface area contributed by atoms with E-state index in [2.05, 4.69) is 39.7 Å². The third-order valence-electron chi connectivity index (χ3n) is 5.55. The first-order valence-electron chi connectivity index (χ1n) is 9.88. The molecule has 0 saturated carbocycles. The first-order valence-corrected chi connectivity index (χ1v) is 9.88. The number of hydrogen-bond acceptors (Lipinski definition) is 2. The van der Waals surface area contributed by atoms with Gasteiger partial charge in [0.25, 0.3) is 0 Å². The molecule has 0 unspecified atom stereocenters. The van der Waals surface area contributed by atoms with Gasteiger partial charge in [0.2, 0.25) is 0 Å². The third kappa shape index (κ3) is 2.40. The Bertz CT molecular complexity index is 1600. The lowest BCUT2D eigenvalue weighted by Gasteiger charge is -2.11. The van der Waals surface area contributed by atoms with Crippen molar-refractivity contribution in [2.24, 2.45) is 0 Å². The summed E-state index contributed by atoms with van der Waals surface area (Å²) in [5.41, 5.74) is 6.79. The lowest BCUT2D eigenvalue weighted by atomic mass is 10.0. The summed E-state index contributed by atoms with van der Waals surface area (Å²) in [6.07, 6.45) is 1.91. The fourth-order valence-corrected chi connectivity index (χ4v) is 4.25. The van der Waals surface area contributed by atoms with Crippen molar-refractivity contribution >= 4 is 27.5 Å². The molecule has 0 spiro atoms. The number of fused-ring (bicyclic) bond motifs is 6. The quantitative estimate of drug-likeness (QED) is 0.390. The van der Waals surface area contributed by atoms with E-state index in [1.54, 1.807) is 12.1 Å². The summed E-state index contributed by atoms with van der Waals surface area (Å²) in [5, 5.41) is 1.83. The van der Waals surface area contributed by atoms with Crippen molar-refractivity contribution in [3.63, 3.8) is 0 Å². The number of benzene rings is 3. The zero-order valence-corrected chi connectivity index (χ0v) is 16.0. The van der Waals surface area contributed by atoms with E-state index in [1.807, 2.05) is 54.7 Å². The highest BCUT2D eigenvalue weighted by molar-refractivity contribution is 6.11. The molecule has 142 valence electrons. The minimum atomic E-state index is -0.0230. The first kappa shape index (κ1) is 16.7. The predicted molar refractivity (Wildman–Crippen MR) is 122 cm³/mol. The second-order valence-electron chi connectivity index (χ2n) is 7.34.